The van der Waals surface area contributed by atoms with Crippen molar-refractivity contribution in [2.75, 3.05) is 13.6 Å². The van der Waals surface area contributed by atoms with Crippen LogP contribution in [0.4, 0.5) is 0 Å². The van der Waals surface area contributed by atoms with Crippen molar-refractivity contribution in [2.45, 2.75) is 44.2 Å². The van der Waals surface area contributed by atoms with E-state index < -0.39 is 10.0 Å². The van der Waals surface area contributed by atoms with Gasteiger partial charge in [-0.25, -0.2) is 8.42 Å². The van der Waals surface area contributed by atoms with Crippen molar-refractivity contribution < 1.29 is 8.42 Å². The third-order valence-electron chi connectivity index (χ3n) is 3.99. The topological polar surface area (TPSA) is 49.4 Å². The molecule has 1 aromatic carbocycles. The van der Waals surface area contributed by atoms with E-state index in [0.717, 1.165) is 18.4 Å². The lowest BCUT2D eigenvalue weighted by Crippen LogP contribution is -2.45. The first-order valence-corrected chi connectivity index (χ1v) is 8.65. The van der Waals surface area contributed by atoms with Crippen LogP contribution in [0.1, 0.15) is 32.3 Å². The lowest BCUT2D eigenvalue weighted by Gasteiger charge is -2.36. The summed E-state index contributed by atoms with van der Waals surface area (Å²) >= 11 is 0. The van der Waals surface area contributed by atoms with E-state index in [1.165, 1.54) is 0 Å². The Morgan fingerprint density at radius 1 is 1.25 bits per heavy atom. The van der Waals surface area contributed by atoms with Crippen LogP contribution in [0.2, 0.25) is 0 Å². The fourth-order valence-electron chi connectivity index (χ4n) is 2.80. The Labute approximate surface area is 122 Å². The van der Waals surface area contributed by atoms with Gasteiger partial charge in [-0.3, -0.25) is 0 Å². The van der Waals surface area contributed by atoms with Gasteiger partial charge in [0.05, 0.1) is 4.90 Å². The third kappa shape index (κ3) is 3.05. The molecule has 1 saturated heterocycles. The van der Waals surface area contributed by atoms with Crippen molar-refractivity contribution in [1.82, 2.24) is 9.62 Å². The molecule has 0 spiro atoms. The molecule has 2 rings (SSSR count). The maximum Gasteiger partial charge on any atom is 0.243 e. The van der Waals surface area contributed by atoms with Crippen molar-refractivity contribution >= 4 is 10.0 Å². The van der Waals surface area contributed by atoms with Crippen LogP contribution in [0.5, 0.6) is 0 Å². The second kappa shape index (κ2) is 6.24. The molecule has 0 bridgehead atoms. The summed E-state index contributed by atoms with van der Waals surface area (Å²) in [5.74, 6) is 0.428. The van der Waals surface area contributed by atoms with Crippen LogP contribution in [0, 0.1) is 5.92 Å². The smallest absolute Gasteiger partial charge is 0.243 e. The number of benzene rings is 1. The summed E-state index contributed by atoms with van der Waals surface area (Å²) in [5, 5.41) is 3.04. The van der Waals surface area contributed by atoms with E-state index in [2.05, 4.69) is 12.2 Å². The van der Waals surface area contributed by atoms with E-state index in [0.29, 0.717) is 23.9 Å². The minimum absolute atomic E-state index is 0.0823. The summed E-state index contributed by atoms with van der Waals surface area (Å²) in [6.07, 6.45) is 2.04. The second-order valence-corrected chi connectivity index (χ2v) is 7.60. The Bertz CT molecular complexity index is 557. The summed E-state index contributed by atoms with van der Waals surface area (Å²) in [6, 6.07) is 7.35. The van der Waals surface area contributed by atoms with Gasteiger partial charge in [-0.15, -0.1) is 0 Å². The molecule has 0 saturated carbocycles. The minimum Gasteiger partial charge on any atom is -0.316 e. The molecule has 1 heterocycles. The molecule has 2 unspecified atom stereocenters. The van der Waals surface area contributed by atoms with Gasteiger partial charge in [-0.05, 0) is 44.4 Å². The first-order chi connectivity index (χ1) is 9.46. The molecule has 20 heavy (non-hydrogen) atoms. The number of hydrogen-bond donors (Lipinski definition) is 1. The molecule has 4 nitrogen and oxygen atoms in total. The van der Waals surface area contributed by atoms with E-state index in [4.69, 9.17) is 0 Å². The number of nitrogens with zero attached hydrogens (tertiary/aromatic N) is 1. The van der Waals surface area contributed by atoms with Gasteiger partial charge >= 0.3 is 0 Å². The van der Waals surface area contributed by atoms with Crippen molar-refractivity contribution in [3.8, 4) is 0 Å². The molecule has 0 aliphatic carbocycles. The van der Waals surface area contributed by atoms with E-state index in [1.807, 2.05) is 26.1 Å². The lowest BCUT2D eigenvalue weighted by atomic mass is 9.97. The fraction of sp³-hybridized carbons (Fsp3) is 0.600. The molecule has 0 aromatic heterocycles. The highest BCUT2D eigenvalue weighted by Gasteiger charge is 2.34. The predicted molar refractivity (Wildman–Crippen MR) is 81.0 cm³/mol. The first kappa shape index (κ1) is 15.5. The molecular formula is C15H24N2O2S. The summed E-state index contributed by atoms with van der Waals surface area (Å²) in [4.78, 5) is 0.440. The van der Waals surface area contributed by atoms with Crippen molar-refractivity contribution in [2.24, 2.45) is 5.92 Å². The average molecular weight is 296 g/mol. The molecule has 1 aliphatic rings. The highest BCUT2D eigenvalue weighted by Crippen LogP contribution is 2.29. The maximum atomic E-state index is 12.9. The number of rotatable bonds is 4. The van der Waals surface area contributed by atoms with Gasteiger partial charge in [0.2, 0.25) is 10.0 Å². The molecule has 1 fully saturated rings. The molecule has 0 amide bonds. The average Bonchev–Trinajstić information content (AvgIpc) is 2.42. The Balaban J connectivity index is 2.39. The van der Waals surface area contributed by atoms with Crippen molar-refractivity contribution in [3.63, 3.8) is 0 Å². The summed E-state index contributed by atoms with van der Waals surface area (Å²) < 4.78 is 27.6. The monoisotopic (exact) mass is 296 g/mol. The van der Waals surface area contributed by atoms with E-state index in [1.54, 1.807) is 16.4 Å². The van der Waals surface area contributed by atoms with E-state index >= 15 is 0 Å². The van der Waals surface area contributed by atoms with Gasteiger partial charge in [-0.2, -0.15) is 4.31 Å². The Hall–Kier alpha value is -0.910. The van der Waals surface area contributed by atoms with Gasteiger partial charge in [0.1, 0.15) is 0 Å². The summed E-state index contributed by atoms with van der Waals surface area (Å²) in [6.45, 7) is 5.31. The number of hydrogen-bond acceptors (Lipinski definition) is 3. The quantitative estimate of drug-likeness (QED) is 0.927. The minimum atomic E-state index is -3.40. The zero-order valence-corrected chi connectivity index (χ0v) is 13.3. The molecular weight excluding hydrogens is 272 g/mol. The van der Waals surface area contributed by atoms with Gasteiger partial charge in [0.25, 0.3) is 0 Å². The van der Waals surface area contributed by atoms with E-state index in [-0.39, 0.29) is 6.04 Å². The SMILES string of the molecule is CNCc1ccccc1S(=O)(=O)N1CC(C)CCC1C. The molecule has 0 radical (unpaired) electrons. The fourth-order valence-corrected chi connectivity index (χ4v) is 4.81. The molecule has 1 aromatic rings. The maximum absolute atomic E-state index is 12.9. The standard InChI is InChI=1S/C15H24N2O2S/c1-12-8-9-13(2)17(11-12)20(18,19)15-7-5-4-6-14(15)10-16-3/h4-7,12-13,16H,8-11H2,1-3H3. The van der Waals surface area contributed by atoms with Crippen LogP contribution in [0.3, 0.4) is 0 Å². The van der Waals surface area contributed by atoms with Crippen molar-refractivity contribution in [3.05, 3.63) is 29.8 Å². The first-order valence-electron chi connectivity index (χ1n) is 7.21. The third-order valence-corrected chi connectivity index (χ3v) is 6.07. The van der Waals surface area contributed by atoms with Crippen LogP contribution in [0.25, 0.3) is 0 Å². The molecule has 1 N–H and O–H groups in total. The normalized spacial score (nSPS) is 24.8. The highest BCUT2D eigenvalue weighted by molar-refractivity contribution is 7.89. The summed E-state index contributed by atoms with van der Waals surface area (Å²) in [7, 11) is -1.58. The molecule has 112 valence electrons. The van der Waals surface area contributed by atoms with Crippen LogP contribution < -0.4 is 5.32 Å². The number of sulfonamides is 1. The van der Waals surface area contributed by atoms with Crippen LogP contribution in [0.15, 0.2) is 29.2 Å². The van der Waals surface area contributed by atoms with Gasteiger partial charge in [0, 0.05) is 19.1 Å². The van der Waals surface area contributed by atoms with Gasteiger partial charge in [-0.1, -0.05) is 25.1 Å². The Morgan fingerprint density at radius 3 is 2.65 bits per heavy atom. The van der Waals surface area contributed by atoms with Gasteiger partial charge < -0.3 is 5.32 Å². The van der Waals surface area contributed by atoms with Crippen molar-refractivity contribution in [1.29, 1.82) is 0 Å². The van der Waals surface area contributed by atoms with Crippen LogP contribution >= 0.6 is 0 Å². The molecule has 2 atom stereocenters. The molecule has 5 heteroatoms. The Kier molecular flexibility index (Phi) is 4.83. The Morgan fingerprint density at radius 2 is 1.95 bits per heavy atom. The zero-order valence-electron chi connectivity index (χ0n) is 12.5. The lowest BCUT2D eigenvalue weighted by molar-refractivity contribution is 0.218. The van der Waals surface area contributed by atoms with E-state index in [9.17, 15) is 8.42 Å². The number of piperidine rings is 1. The highest BCUT2D eigenvalue weighted by atomic mass is 32.2. The largest absolute Gasteiger partial charge is 0.316 e. The second-order valence-electron chi connectivity index (χ2n) is 5.74. The molecule has 1 aliphatic heterocycles. The number of nitrogens with one attached hydrogen (secondary N) is 1. The predicted octanol–water partition coefficient (Wildman–Crippen LogP) is 2.22. The summed E-state index contributed by atoms with van der Waals surface area (Å²) in [5.41, 5.74) is 0.834. The zero-order chi connectivity index (χ0) is 14.8. The van der Waals surface area contributed by atoms with Crippen LogP contribution in [-0.4, -0.2) is 32.4 Å². The van der Waals surface area contributed by atoms with Gasteiger partial charge in [0.15, 0.2) is 0 Å². The van der Waals surface area contributed by atoms with Crippen LogP contribution in [-0.2, 0) is 16.6 Å².